The van der Waals surface area contributed by atoms with Crippen LogP contribution in [-0.2, 0) is 11.2 Å². The third kappa shape index (κ3) is 3.23. The van der Waals surface area contributed by atoms with Gasteiger partial charge in [0.05, 0.1) is 22.6 Å². The lowest BCUT2D eigenvalue weighted by Gasteiger charge is -2.13. The lowest BCUT2D eigenvalue weighted by Crippen LogP contribution is -2.06. The van der Waals surface area contributed by atoms with Crippen LogP contribution in [0.4, 0.5) is 0 Å². The highest BCUT2D eigenvalue weighted by atomic mass is 32.1. The second kappa shape index (κ2) is 6.72. The molecular weight excluding hydrogens is 326 g/mol. The van der Waals surface area contributed by atoms with Gasteiger partial charge < -0.3 is 14.8 Å². The largest absolute Gasteiger partial charge is 0.481 e. The lowest BCUT2D eigenvalue weighted by atomic mass is 10.2. The third-order valence-electron chi connectivity index (χ3n) is 3.68. The number of carbonyl (C=O) groups is 2. The molecule has 0 bridgehead atoms. The summed E-state index contributed by atoms with van der Waals surface area (Å²) in [5, 5.41) is 20.1. The Labute approximate surface area is 142 Å². The number of rotatable bonds is 6. The number of hydrogen-bond donors (Lipinski definition) is 2. The van der Waals surface area contributed by atoms with Gasteiger partial charge >= 0.3 is 11.9 Å². The first-order valence-corrected chi connectivity index (χ1v) is 8.24. The lowest BCUT2D eigenvalue weighted by molar-refractivity contribution is -0.136. The van der Waals surface area contributed by atoms with Crippen LogP contribution in [0.2, 0.25) is 0 Å². The SMILES string of the molecule is O=C(O)CCc1ccc(-c2cccs2)n1-c1cccc(C(=O)O)c1. The molecule has 5 nitrogen and oxygen atoms in total. The monoisotopic (exact) mass is 341 g/mol. The van der Waals surface area contributed by atoms with Crippen LogP contribution in [0.25, 0.3) is 16.3 Å². The van der Waals surface area contributed by atoms with Crippen LogP contribution in [0.1, 0.15) is 22.5 Å². The summed E-state index contributed by atoms with van der Waals surface area (Å²) in [4.78, 5) is 23.2. The molecule has 122 valence electrons. The first-order valence-electron chi connectivity index (χ1n) is 7.36. The summed E-state index contributed by atoms with van der Waals surface area (Å²) in [6, 6.07) is 14.4. The highest BCUT2D eigenvalue weighted by Gasteiger charge is 2.15. The number of carboxylic acid groups (broad SMARTS) is 2. The number of thiophene rings is 1. The van der Waals surface area contributed by atoms with Crippen LogP contribution in [0.3, 0.4) is 0 Å². The third-order valence-corrected chi connectivity index (χ3v) is 4.57. The molecule has 1 aromatic carbocycles. The van der Waals surface area contributed by atoms with Crippen LogP contribution in [-0.4, -0.2) is 26.7 Å². The second-order valence-electron chi connectivity index (χ2n) is 5.27. The number of aryl methyl sites for hydroxylation is 1. The fourth-order valence-electron chi connectivity index (χ4n) is 2.61. The Morgan fingerprint density at radius 1 is 1.04 bits per heavy atom. The molecule has 0 fully saturated rings. The van der Waals surface area contributed by atoms with E-state index in [0.717, 1.165) is 16.3 Å². The normalized spacial score (nSPS) is 10.7. The molecule has 0 aliphatic carbocycles. The van der Waals surface area contributed by atoms with Gasteiger partial charge in [0.15, 0.2) is 0 Å². The minimum Gasteiger partial charge on any atom is -0.481 e. The predicted octanol–water partition coefficient (Wildman–Crippen LogP) is 3.92. The number of aromatic nitrogens is 1. The molecule has 24 heavy (non-hydrogen) atoms. The van der Waals surface area contributed by atoms with Crippen molar-refractivity contribution >= 4 is 23.3 Å². The minimum atomic E-state index is -0.992. The Morgan fingerprint density at radius 2 is 1.88 bits per heavy atom. The summed E-state index contributed by atoms with van der Waals surface area (Å²) < 4.78 is 1.93. The predicted molar refractivity (Wildman–Crippen MR) is 92.0 cm³/mol. The van der Waals surface area contributed by atoms with E-state index < -0.39 is 11.9 Å². The van der Waals surface area contributed by atoms with Gasteiger partial charge in [-0.15, -0.1) is 11.3 Å². The van der Waals surface area contributed by atoms with Gasteiger partial charge in [-0.05, 0) is 48.2 Å². The van der Waals surface area contributed by atoms with Gasteiger partial charge in [-0.1, -0.05) is 12.1 Å². The molecule has 2 aromatic heterocycles. The zero-order valence-corrected chi connectivity index (χ0v) is 13.5. The summed E-state index contributed by atoms with van der Waals surface area (Å²) in [5.74, 6) is -1.85. The van der Waals surface area contributed by atoms with Crippen LogP contribution >= 0.6 is 11.3 Å². The van der Waals surface area contributed by atoms with Gasteiger partial charge in [0, 0.05) is 11.4 Å². The molecule has 0 atom stereocenters. The Balaban J connectivity index is 2.12. The van der Waals surface area contributed by atoms with E-state index in [2.05, 4.69) is 0 Å². The summed E-state index contributed by atoms with van der Waals surface area (Å²) in [7, 11) is 0. The molecule has 3 rings (SSSR count). The van der Waals surface area contributed by atoms with Crippen LogP contribution in [0.15, 0.2) is 53.9 Å². The summed E-state index contributed by atoms with van der Waals surface area (Å²) in [5.41, 5.74) is 2.67. The summed E-state index contributed by atoms with van der Waals surface area (Å²) in [6.45, 7) is 0. The van der Waals surface area contributed by atoms with Gasteiger partial charge in [0.2, 0.25) is 0 Å². The van der Waals surface area contributed by atoms with Gasteiger partial charge in [0.25, 0.3) is 0 Å². The molecule has 2 N–H and O–H groups in total. The average Bonchev–Trinajstić information content (AvgIpc) is 3.22. The number of carboxylic acids is 2. The summed E-state index contributed by atoms with van der Waals surface area (Å²) in [6.07, 6.45) is 0.393. The van der Waals surface area contributed by atoms with Gasteiger partial charge in [-0.3, -0.25) is 4.79 Å². The maximum atomic E-state index is 11.3. The zero-order valence-electron chi connectivity index (χ0n) is 12.7. The number of aliphatic carboxylic acids is 1. The zero-order chi connectivity index (χ0) is 17.1. The van der Waals surface area contributed by atoms with Crippen molar-refractivity contribution in [2.45, 2.75) is 12.8 Å². The molecule has 0 amide bonds. The molecule has 0 spiro atoms. The van der Waals surface area contributed by atoms with Crippen molar-refractivity contribution in [2.24, 2.45) is 0 Å². The van der Waals surface area contributed by atoms with E-state index in [1.165, 1.54) is 6.07 Å². The molecule has 0 aliphatic heterocycles. The molecule has 0 saturated carbocycles. The topological polar surface area (TPSA) is 79.5 Å². The molecule has 6 heteroatoms. The van der Waals surface area contributed by atoms with E-state index in [-0.39, 0.29) is 12.0 Å². The summed E-state index contributed by atoms with van der Waals surface area (Å²) >= 11 is 1.58. The van der Waals surface area contributed by atoms with E-state index in [4.69, 9.17) is 5.11 Å². The van der Waals surface area contributed by atoms with Crippen molar-refractivity contribution < 1.29 is 19.8 Å². The van der Waals surface area contributed by atoms with Crippen molar-refractivity contribution in [3.05, 3.63) is 65.2 Å². The van der Waals surface area contributed by atoms with E-state index in [9.17, 15) is 14.7 Å². The Bertz CT molecular complexity index is 880. The molecule has 3 aromatic rings. The smallest absolute Gasteiger partial charge is 0.335 e. The van der Waals surface area contributed by atoms with Crippen LogP contribution < -0.4 is 0 Å². The molecule has 0 radical (unpaired) electrons. The van der Waals surface area contributed by atoms with Crippen molar-refractivity contribution in [1.29, 1.82) is 0 Å². The van der Waals surface area contributed by atoms with E-state index >= 15 is 0 Å². The van der Waals surface area contributed by atoms with E-state index in [1.54, 1.807) is 23.5 Å². The fraction of sp³-hybridized carbons (Fsp3) is 0.111. The van der Waals surface area contributed by atoms with Gasteiger partial charge in [0.1, 0.15) is 0 Å². The van der Waals surface area contributed by atoms with Gasteiger partial charge in [-0.2, -0.15) is 0 Å². The first-order chi connectivity index (χ1) is 11.6. The average molecular weight is 341 g/mol. The second-order valence-corrected chi connectivity index (χ2v) is 6.22. The Morgan fingerprint density at radius 3 is 2.54 bits per heavy atom. The maximum Gasteiger partial charge on any atom is 0.335 e. The number of nitrogens with zero attached hydrogens (tertiary/aromatic N) is 1. The first kappa shape index (κ1) is 16.0. The molecular formula is C18H15NO4S. The van der Waals surface area contributed by atoms with E-state index in [1.807, 2.05) is 40.3 Å². The number of hydrogen-bond acceptors (Lipinski definition) is 3. The Kier molecular flexibility index (Phi) is 4.48. The van der Waals surface area contributed by atoms with Crippen molar-refractivity contribution in [3.8, 4) is 16.3 Å². The number of benzene rings is 1. The fourth-order valence-corrected chi connectivity index (χ4v) is 3.35. The molecule has 0 saturated heterocycles. The molecule has 0 unspecified atom stereocenters. The maximum absolute atomic E-state index is 11.3. The van der Waals surface area contributed by atoms with Crippen molar-refractivity contribution in [2.75, 3.05) is 0 Å². The number of aromatic carboxylic acids is 1. The molecule has 2 heterocycles. The van der Waals surface area contributed by atoms with Crippen molar-refractivity contribution in [3.63, 3.8) is 0 Å². The Hall–Kier alpha value is -2.86. The minimum absolute atomic E-state index is 0.0204. The molecule has 0 aliphatic rings. The van der Waals surface area contributed by atoms with Gasteiger partial charge in [-0.25, -0.2) is 4.79 Å². The van der Waals surface area contributed by atoms with Crippen LogP contribution in [0.5, 0.6) is 0 Å². The van der Waals surface area contributed by atoms with Crippen molar-refractivity contribution in [1.82, 2.24) is 4.57 Å². The van der Waals surface area contributed by atoms with Crippen LogP contribution in [0, 0.1) is 0 Å². The highest BCUT2D eigenvalue weighted by molar-refractivity contribution is 7.13. The quantitative estimate of drug-likeness (QED) is 0.712. The van der Waals surface area contributed by atoms with E-state index in [0.29, 0.717) is 12.1 Å². The highest BCUT2D eigenvalue weighted by Crippen LogP contribution is 2.30. The standard InChI is InChI=1S/C18H15NO4S/c20-17(21)9-7-13-6-8-15(16-5-2-10-24-16)19(13)14-4-1-3-12(11-14)18(22)23/h1-6,8,10-11H,7,9H2,(H,20,21)(H,22,23).